The lowest BCUT2D eigenvalue weighted by molar-refractivity contribution is 0.165. The Hall–Kier alpha value is -2.54. The van der Waals surface area contributed by atoms with Gasteiger partial charge in [0, 0.05) is 39.4 Å². The summed E-state index contributed by atoms with van der Waals surface area (Å²) in [5.41, 5.74) is 2.59. The van der Waals surface area contributed by atoms with Crippen LogP contribution in [0.1, 0.15) is 31.9 Å². The first-order valence-electron chi connectivity index (χ1n) is 10.1. The average Bonchev–Trinajstić information content (AvgIpc) is 3.01. The van der Waals surface area contributed by atoms with Gasteiger partial charge in [0.25, 0.3) is 0 Å². The number of hydrogen-bond acceptors (Lipinski definition) is 6. The summed E-state index contributed by atoms with van der Waals surface area (Å²) in [5, 5.41) is 5.61. The maximum absolute atomic E-state index is 4.91. The van der Waals surface area contributed by atoms with Gasteiger partial charge in [-0.3, -0.25) is 14.6 Å². The van der Waals surface area contributed by atoms with Gasteiger partial charge in [-0.1, -0.05) is 12.5 Å². The normalized spacial score (nSPS) is 17.9. The van der Waals surface area contributed by atoms with E-state index >= 15 is 0 Å². The molecule has 28 heavy (non-hydrogen) atoms. The van der Waals surface area contributed by atoms with Gasteiger partial charge >= 0.3 is 0 Å². The van der Waals surface area contributed by atoms with E-state index < -0.39 is 0 Å². The summed E-state index contributed by atoms with van der Waals surface area (Å²) in [7, 11) is 4.05. The van der Waals surface area contributed by atoms with Crippen LogP contribution in [-0.2, 0) is 7.05 Å². The summed E-state index contributed by atoms with van der Waals surface area (Å²) < 4.78 is 1.84. The zero-order valence-electron chi connectivity index (χ0n) is 17.3. The standard InChI is InChI=1S/C21H29N7/c1-15-9-6-8-12-28(15)14-13-26(3)20-18-16(2)25-27(4)21(18)24-19(23-20)17-10-5-7-11-22-17/h5,7,10-11,15H,6,8-9,12-14H2,1-4H3. The number of fused-ring (bicyclic) bond motifs is 1. The van der Waals surface area contributed by atoms with Gasteiger partial charge in [0.2, 0.25) is 0 Å². The van der Waals surface area contributed by atoms with Crippen LogP contribution in [0, 0.1) is 6.92 Å². The highest BCUT2D eigenvalue weighted by Gasteiger charge is 2.21. The molecule has 1 aliphatic rings. The van der Waals surface area contributed by atoms with E-state index in [-0.39, 0.29) is 0 Å². The summed E-state index contributed by atoms with van der Waals surface area (Å²) in [6.45, 7) is 7.52. The number of pyridine rings is 1. The fourth-order valence-corrected chi connectivity index (χ4v) is 4.08. The summed E-state index contributed by atoms with van der Waals surface area (Å²) in [6, 6.07) is 6.48. The van der Waals surface area contributed by atoms with Crippen LogP contribution >= 0.6 is 0 Å². The van der Waals surface area contributed by atoms with Crippen LogP contribution in [0.25, 0.3) is 22.6 Å². The Morgan fingerprint density at radius 2 is 2.07 bits per heavy atom. The van der Waals surface area contributed by atoms with E-state index in [1.165, 1.54) is 25.8 Å². The predicted molar refractivity (Wildman–Crippen MR) is 112 cm³/mol. The monoisotopic (exact) mass is 379 g/mol. The smallest absolute Gasteiger partial charge is 0.182 e. The molecule has 4 heterocycles. The van der Waals surface area contributed by atoms with Crippen molar-refractivity contribution in [2.45, 2.75) is 39.2 Å². The third kappa shape index (κ3) is 3.58. The number of aryl methyl sites for hydroxylation is 2. The van der Waals surface area contributed by atoms with Gasteiger partial charge in [0.15, 0.2) is 11.5 Å². The molecule has 1 unspecified atom stereocenters. The Bertz CT molecular complexity index is 950. The van der Waals surface area contributed by atoms with Gasteiger partial charge in [-0.25, -0.2) is 9.97 Å². The number of hydrogen-bond donors (Lipinski definition) is 0. The highest BCUT2D eigenvalue weighted by atomic mass is 15.3. The molecule has 7 nitrogen and oxygen atoms in total. The molecule has 1 atom stereocenters. The Balaban J connectivity index is 1.68. The number of rotatable bonds is 5. The third-order valence-corrected chi connectivity index (χ3v) is 5.76. The predicted octanol–water partition coefficient (Wildman–Crippen LogP) is 3.04. The van der Waals surface area contributed by atoms with Crippen molar-refractivity contribution in [1.29, 1.82) is 0 Å². The van der Waals surface area contributed by atoms with E-state index in [1.54, 1.807) is 6.20 Å². The number of piperidine rings is 1. The van der Waals surface area contributed by atoms with Crippen LogP contribution in [0.2, 0.25) is 0 Å². The molecule has 0 amide bonds. The molecule has 148 valence electrons. The van der Waals surface area contributed by atoms with Gasteiger partial charge in [-0.2, -0.15) is 5.10 Å². The largest absolute Gasteiger partial charge is 0.358 e. The second kappa shape index (κ2) is 7.83. The lowest BCUT2D eigenvalue weighted by Crippen LogP contribution is -2.42. The van der Waals surface area contributed by atoms with Gasteiger partial charge in [-0.05, 0) is 45.4 Å². The number of aromatic nitrogens is 5. The molecule has 0 N–H and O–H groups in total. The van der Waals surface area contributed by atoms with E-state index in [0.29, 0.717) is 11.9 Å². The highest BCUT2D eigenvalue weighted by Crippen LogP contribution is 2.28. The van der Waals surface area contributed by atoms with E-state index in [9.17, 15) is 0 Å². The summed E-state index contributed by atoms with van der Waals surface area (Å²) in [5.74, 6) is 1.57. The molecule has 1 aliphatic heterocycles. The maximum Gasteiger partial charge on any atom is 0.182 e. The van der Waals surface area contributed by atoms with Crippen LogP contribution in [0.5, 0.6) is 0 Å². The minimum atomic E-state index is 0.643. The molecule has 7 heteroatoms. The molecule has 0 bridgehead atoms. The van der Waals surface area contributed by atoms with Crippen molar-refractivity contribution in [2.24, 2.45) is 7.05 Å². The fourth-order valence-electron chi connectivity index (χ4n) is 4.08. The van der Waals surface area contributed by atoms with E-state index in [0.717, 1.165) is 41.3 Å². The molecule has 0 saturated carbocycles. The molecule has 3 aromatic heterocycles. The van der Waals surface area contributed by atoms with Crippen molar-refractivity contribution in [2.75, 3.05) is 31.6 Å². The molecular weight excluding hydrogens is 350 g/mol. The summed E-state index contributed by atoms with van der Waals surface area (Å²) in [6.07, 6.45) is 5.73. The molecule has 0 aliphatic carbocycles. The second-order valence-electron chi connectivity index (χ2n) is 7.80. The van der Waals surface area contributed by atoms with Gasteiger partial charge in [0.05, 0.1) is 11.1 Å². The first-order chi connectivity index (χ1) is 13.5. The maximum atomic E-state index is 4.91. The molecule has 3 aromatic rings. The zero-order valence-corrected chi connectivity index (χ0v) is 17.3. The number of likely N-dealkylation sites (N-methyl/N-ethyl adjacent to an activating group) is 1. The van der Waals surface area contributed by atoms with Crippen LogP contribution in [-0.4, -0.2) is 62.4 Å². The number of anilines is 1. The molecule has 1 saturated heterocycles. The van der Waals surface area contributed by atoms with Crippen molar-refractivity contribution < 1.29 is 0 Å². The van der Waals surface area contributed by atoms with Crippen LogP contribution in [0.4, 0.5) is 5.82 Å². The van der Waals surface area contributed by atoms with E-state index in [1.807, 2.05) is 36.9 Å². The zero-order chi connectivity index (χ0) is 19.7. The fraction of sp³-hybridized carbons (Fsp3) is 0.524. The van der Waals surface area contributed by atoms with E-state index in [4.69, 9.17) is 9.97 Å². The first kappa shape index (κ1) is 18.8. The summed E-state index contributed by atoms with van der Waals surface area (Å²) >= 11 is 0. The molecular formula is C21H29N7. The molecule has 0 spiro atoms. The van der Waals surface area contributed by atoms with Crippen molar-refractivity contribution in [3.05, 3.63) is 30.1 Å². The quantitative estimate of drug-likeness (QED) is 0.679. The Kier molecular flexibility index (Phi) is 5.26. The van der Waals surface area contributed by atoms with E-state index in [2.05, 4.69) is 33.9 Å². The summed E-state index contributed by atoms with van der Waals surface area (Å²) in [4.78, 5) is 18.9. The first-order valence-corrected chi connectivity index (χ1v) is 10.1. The van der Waals surface area contributed by atoms with Crippen molar-refractivity contribution in [3.8, 4) is 11.5 Å². The number of nitrogens with zero attached hydrogens (tertiary/aromatic N) is 7. The van der Waals surface area contributed by atoms with Crippen LogP contribution in [0.15, 0.2) is 24.4 Å². The topological polar surface area (TPSA) is 63.0 Å². The lowest BCUT2D eigenvalue weighted by Gasteiger charge is -2.34. The Labute approximate surface area is 166 Å². The lowest BCUT2D eigenvalue weighted by atomic mass is 10.0. The molecule has 4 rings (SSSR count). The van der Waals surface area contributed by atoms with Crippen molar-refractivity contribution >= 4 is 16.9 Å². The minimum Gasteiger partial charge on any atom is -0.358 e. The van der Waals surface area contributed by atoms with Crippen LogP contribution < -0.4 is 4.90 Å². The molecule has 0 aromatic carbocycles. The molecule has 0 radical (unpaired) electrons. The molecule has 1 fully saturated rings. The van der Waals surface area contributed by atoms with Crippen molar-refractivity contribution in [1.82, 2.24) is 29.6 Å². The third-order valence-electron chi connectivity index (χ3n) is 5.76. The van der Waals surface area contributed by atoms with Gasteiger partial charge in [-0.15, -0.1) is 0 Å². The van der Waals surface area contributed by atoms with Crippen LogP contribution in [0.3, 0.4) is 0 Å². The Morgan fingerprint density at radius 1 is 1.21 bits per heavy atom. The SMILES string of the molecule is Cc1nn(C)c2nc(-c3ccccn3)nc(N(C)CCN3CCCCC3C)c12. The van der Waals surface area contributed by atoms with Gasteiger partial charge in [0.1, 0.15) is 11.5 Å². The minimum absolute atomic E-state index is 0.643. The van der Waals surface area contributed by atoms with Crippen molar-refractivity contribution in [3.63, 3.8) is 0 Å². The highest BCUT2D eigenvalue weighted by molar-refractivity contribution is 5.91. The number of likely N-dealkylation sites (tertiary alicyclic amines) is 1. The average molecular weight is 380 g/mol. The Morgan fingerprint density at radius 3 is 2.82 bits per heavy atom. The second-order valence-corrected chi connectivity index (χ2v) is 7.80. The van der Waals surface area contributed by atoms with Gasteiger partial charge < -0.3 is 4.90 Å².